The molecule has 0 aliphatic carbocycles. The molecule has 0 amide bonds. The standard InChI is InChI=1S/C6H7O.Mn/c1-2-3-4-5-6-7;/h2-5H,1H3;/q-1;. The molecule has 0 aromatic carbocycles. The van der Waals surface area contributed by atoms with Gasteiger partial charge in [-0.1, -0.05) is 0 Å². The van der Waals surface area contributed by atoms with Gasteiger partial charge in [-0.05, 0) is 13.2 Å². The first kappa shape index (κ1) is 10.6. The maximum atomic E-state index is 9.43. The molecule has 0 atom stereocenters. The van der Waals surface area contributed by atoms with E-state index in [1.807, 2.05) is 13.0 Å². The van der Waals surface area contributed by atoms with Crippen LogP contribution in [0.2, 0.25) is 0 Å². The van der Waals surface area contributed by atoms with Crippen molar-refractivity contribution in [2.75, 3.05) is 0 Å². The van der Waals surface area contributed by atoms with Crippen LogP contribution >= 0.6 is 0 Å². The number of allylic oxidation sites excluding steroid dienone is 4. The minimum atomic E-state index is 0. The third kappa shape index (κ3) is 9.18. The molecule has 0 rings (SSSR count). The van der Waals surface area contributed by atoms with E-state index in [4.69, 9.17) is 0 Å². The van der Waals surface area contributed by atoms with Crippen molar-refractivity contribution < 1.29 is 21.9 Å². The second-order valence-electron chi connectivity index (χ2n) is 1.00. The van der Waals surface area contributed by atoms with Crippen molar-refractivity contribution in [2.45, 2.75) is 6.92 Å². The molecular weight excluding hydrogens is 143 g/mol. The summed E-state index contributed by atoms with van der Waals surface area (Å²) in [6.07, 6.45) is 8.18. The molecule has 0 saturated heterocycles. The van der Waals surface area contributed by atoms with Gasteiger partial charge in [0.2, 0.25) is 0 Å². The van der Waals surface area contributed by atoms with Gasteiger partial charge in [0, 0.05) is 17.1 Å². The zero-order valence-electron chi connectivity index (χ0n) is 4.60. The van der Waals surface area contributed by atoms with Gasteiger partial charge in [0.1, 0.15) is 0 Å². The van der Waals surface area contributed by atoms with E-state index in [1.54, 1.807) is 18.4 Å². The topological polar surface area (TPSA) is 17.1 Å². The minimum absolute atomic E-state index is 0. The van der Waals surface area contributed by atoms with Crippen molar-refractivity contribution in [1.82, 2.24) is 0 Å². The Hall–Kier alpha value is -0.331. The molecule has 0 bridgehead atoms. The van der Waals surface area contributed by atoms with Crippen LogP contribution < -0.4 is 0 Å². The average molecular weight is 150 g/mol. The smallest absolute Gasteiger partial charge is 0 e. The molecule has 0 aromatic heterocycles. The summed E-state index contributed by atoms with van der Waals surface area (Å²) in [7, 11) is 0. The van der Waals surface area contributed by atoms with Crippen molar-refractivity contribution in [1.29, 1.82) is 0 Å². The Labute approximate surface area is 59.9 Å². The normalized spacial score (nSPS) is 9.62. The van der Waals surface area contributed by atoms with Crippen LogP contribution in [-0.2, 0) is 21.9 Å². The van der Waals surface area contributed by atoms with Crippen LogP contribution in [0.3, 0.4) is 0 Å². The van der Waals surface area contributed by atoms with Gasteiger partial charge in [0.15, 0.2) is 0 Å². The van der Waals surface area contributed by atoms with Crippen molar-refractivity contribution in [3.63, 3.8) is 0 Å². The Morgan fingerprint density at radius 3 is 2.38 bits per heavy atom. The average Bonchev–Trinajstić information content (AvgIpc) is 1.69. The van der Waals surface area contributed by atoms with Crippen LogP contribution in [0.5, 0.6) is 0 Å². The van der Waals surface area contributed by atoms with Gasteiger partial charge in [0.25, 0.3) is 0 Å². The molecule has 2 heteroatoms. The molecule has 0 saturated carbocycles. The van der Waals surface area contributed by atoms with Crippen LogP contribution in [0, 0.1) is 0 Å². The molecule has 0 aliphatic rings. The molecule has 0 aromatic rings. The number of rotatable bonds is 2. The summed E-state index contributed by atoms with van der Waals surface area (Å²) in [4.78, 5) is 9.43. The molecule has 1 nitrogen and oxygen atoms in total. The predicted octanol–water partition coefficient (Wildman–Crippen LogP) is 1.23. The van der Waals surface area contributed by atoms with Crippen LogP contribution in [0.25, 0.3) is 0 Å². The summed E-state index contributed by atoms with van der Waals surface area (Å²) < 4.78 is 0. The van der Waals surface area contributed by atoms with E-state index in [0.29, 0.717) is 0 Å². The zero-order valence-corrected chi connectivity index (χ0v) is 5.78. The van der Waals surface area contributed by atoms with Crippen LogP contribution in [-0.4, -0.2) is 6.29 Å². The molecule has 8 heavy (non-hydrogen) atoms. The molecule has 0 heterocycles. The molecular formula is C6H7MnO-. The Morgan fingerprint density at radius 2 is 2.00 bits per heavy atom. The minimum Gasteiger partial charge on any atom is -0.419 e. The molecule has 0 spiro atoms. The summed E-state index contributed by atoms with van der Waals surface area (Å²) in [5, 5.41) is 0. The van der Waals surface area contributed by atoms with Crippen LogP contribution in [0.4, 0.5) is 0 Å². The second-order valence-corrected chi connectivity index (χ2v) is 1.00. The van der Waals surface area contributed by atoms with Gasteiger partial charge in [-0.2, -0.15) is 6.08 Å². The van der Waals surface area contributed by atoms with Crippen molar-refractivity contribution in [3.8, 4) is 0 Å². The van der Waals surface area contributed by atoms with Crippen molar-refractivity contribution in [3.05, 3.63) is 24.3 Å². The van der Waals surface area contributed by atoms with Gasteiger partial charge in [-0.15, -0.1) is 12.2 Å². The summed E-state index contributed by atoms with van der Waals surface area (Å²) in [6, 6.07) is 0. The third-order valence-electron chi connectivity index (χ3n) is 0.468. The summed E-state index contributed by atoms with van der Waals surface area (Å²) in [5.74, 6) is 0. The van der Waals surface area contributed by atoms with E-state index in [2.05, 4.69) is 0 Å². The fourth-order valence-electron chi connectivity index (χ4n) is 0.206. The number of hydrogen-bond acceptors (Lipinski definition) is 1. The van der Waals surface area contributed by atoms with E-state index in [0.717, 1.165) is 0 Å². The molecule has 1 radical (unpaired) electrons. The fourth-order valence-corrected chi connectivity index (χ4v) is 0.206. The van der Waals surface area contributed by atoms with Gasteiger partial charge >= 0.3 is 0 Å². The summed E-state index contributed by atoms with van der Waals surface area (Å²) >= 11 is 0. The number of carbonyl (C=O) groups excluding carboxylic acids is 1. The maximum Gasteiger partial charge on any atom is 0 e. The Morgan fingerprint density at radius 1 is 1.38 bits per heavy atom. The van der Waals surface area contributed by atoms with Gasteiger partial charge in [-0.25, -0.2) is 6.08 Å². The summed E-state index contributed by atoms with van der Waals surface area (Å²) in [6.45, 7) is 1.88. The second kappa shape index (κ2) is 9.83. The molecule has 0 N–H and O–H groups in total. The van der Waals surface area contributed by atoms with E-state index < -0.39 is 0 Å². The fraction of sp³-hybridized carbons (Fsp3) is 0.167. The van der Waals surface area contributed by atoms with Crippen molar-refractivity contribution >= 4 is 6.29 Å². The van der Waals surface area contributed by atoms with E-state index >= 15 is 0 Å². The van der Waals surface area contributed by atoms with E-state index in [-0.39, 0.29) is 17.1 Å². The first-order valence-corrected chi connectivity index (χ1v) is 2.07. The third-order valence-corrected chi connectivity index (χ3v) is 0.468. The monoisotopic (exact) mass is 150 g/mol. The Kier molecular flexibility index (Phi) is 13.0. The molecule has 0 aliphatic heterocycles. The SMILES string of the molecule is CC=CC=C[C-]=O.[Mn]. The van der Waals surface area contributed by atoms with Gasteiger partial charge < -0.3 is 4.79 Å². The zero-order chi connectivity index (χ0) is 5.54. The largest absolute Gasteiger partial charge is 0.419 e. The van der Waals surface area contributed by atoms with Crippen molar-refractivity contribution in [2.24, 2.45) is 0 Å². The Balaban J connectivity index is 0. The molecule has 0 unspecified atom stereocenters. The maximum absolute atomic E-state index is 9.43. The van der Waals surface area contributed by atoms with E-state index in [9.17, 15) is 4.79 Å². The predicted molar refractivity (Wildman–Crippen MR) is 29.6 cm³/mol. The number of hydrogen-bond donors (Lipinski definition) is 0. The van der Waals surface area contributed by atoms with Gasteiger partial charge in [-0.3, -0.25) is 0 Å². The first-order chi connectivity index (χ1) is 3.41. The first-order valence-electron chi connectivity index (χ1n) is 2.07. The quantitative estimate of drug-likeness (QED) is 0.250. The summed E-state index contributed by atoms with van der Waals surface area (Å²) in [5.41, 5.74) is 0. The van der Waals surface area contributed by atoms with E-state index in [1.165, 1.54) is 6.08 Å². The molecule has 45 valence electrons. The van der Waals surface area contributed by atoms with Crippen LogP contribution in [0.1, 0.15) is 6.92 Å². The van der Waals surface area contributed by atoms with Crippen LogP contribution in [0.15, 0.2) is 24.3 Å². The van der Waals surface area contributed by atoms with Gasteiger partial charge in [0.05, 0.1) is 0 Å². The molecule has 0 fully saturated rings. The Bertz CT molecular complexity index is 94.7.